The minimum Gasteiger partial charge on any atom is -0.496 e. The van der Waals surface area contributed by atoms with Gasteiger partial charge >= 0.3 is 0 Å². The first-order chi connectivity index (χ1) is 14.4. The molecule has 0 radical (unpaired) electrons. The van der Waals surface area contributed by atoms with Crippen molar-refractivity contribution in [2.24, 2.45) is 0 Å². The molecule has 7 nitrogen and oxygen atoms in total. The Hall–Kier alpha value is -2.58. The number of hydrogen-bond donors (Lipinski definition) is 0. The van der Waals surface area contributed by atoms with Gasteiger partial charge < -0.3 is 14.4 Å². The third-order valence-electron chi connectivity index (χ3n) is 5.30. The second-order valence-corrected chi connectivity index (χ2v) is 9.24. The van der Waals surface area contributed by atoms with E-state index >= 15 is 0 Å². The van der Waals surface area contributed by atoms with Crippen LogP contribution in [0.1, 0.15) is 35.2 Å². The second kappa shape index (κ2) is 9.49. The van der Waals surface area contributed by atoms with Crippen LogP contribution < -0.4 is 9.47 Å². The highest BCUT2D eigenvalue weighted by molar-refractivity contribution is 7.89. The summed E-state index contributed by atoms with van der Waals surface area (Å²) in [6, 6.07) is 11.9. The van der Waals surface area contributed by atoms with Crippen LogP contribution in [0.2, 0.25) is 0 Å². The van der Waals surface area contributed by atoms with E-state index in [0.717, 1.165) is 24.8 Å². The summed E-state index contributed by atoms with van der Waals surface area (Å²) in [5.41, 5.74) is 1.07. The molecule has 0 spiro atoms. The maximum Gasteiger partial charge on any atom is 0.257 e. The molecule has 0 bridgehead atoms. The summed E-state index contributed by atoms with van der Waals surface area (Å²) in [7, 11) is 1.06. The second-order valence-electron chi connectivity index (χ2n) is 7.30. The molecule has 30 heavy (non-hydrogen) atoms. The topological polar surface area (TPSA) is 76.2 Å². The number of piperidine rings is 1. The summed E-state index contributed by atoms with van der Waals surface area (Å²) in [4.78, 5) is 14.8. The molecule has 0 unspecified atom stereocenters. The maximum absolute atomic E-state index is 13.2. The van der Waals surface area contributed by atoms with Crippen molar-refractivity contribution >= 4 is 15.9 Å². The fraction of sp³-hybridized carbons (Fsp3) is 0.409. The summed E-state index contributed by atoms with van der Waals surface area (Å²) in [5.74, 6) is 0.698. The van der Waals surface area contributed by atoms with Gasteiger partial charge in [-0.3, -0.25) is 4.79 Å². The van der Waals surface area contributed by atoms with Crippen LogP contribution in [-0.4, -0.2) is 57.9 Å². The molecule has 1 aliphatic heterocycles. The van der Waals surface area contributed by atoms with Crippen molar-refractivity contribution in [2.75, 3.05) is 34.4 Å². The van der Waals surface area contributed by atoms with Crippen molar-refractivity contribution in [2.45, 2.75) is 30.7 Å². The highest BCUT2D eigenvalue weighted by Gasteiger charge is 2.28. The molecule has 2 aromatic rings. The lowest BCUT2D eigenvalue weighted by atomic mass is 10.1. The molecular weight excluding hydrogens is 404 g/mol. The Morgan fingerprint density at radius 2 is 1.67 bits per heavy atom. The fourth-order valence-corrected chi connectivity index (χ4v) is 5.18. The molecule has 1 amide bonds. The van der Waals surface area contributed by atoms with Gasteiger partial charge in [0.25, 0.3) is 5.91 Å². The lowest BCUT2D eigenvalue weighted by Crippen LogP contribution is -2.35. The lowest BCUT2D eigenvalue weighted by molar-refractivity contribution is 0.0780. The zero-order valence-electron chi connectivity index (χ0n) is 17.6. The van der Waals surface area contributed by atoms with E-state index < -0.39 is 10.0 Å². The molecule has 1 saturated heterocycles. The first-order valence-corrected chi connectivity index (χ1v) is 11.4. The van der Waals surface area contributed by atoms with Crippen LogP contribution in [0.25, 0.3) is 0 Å². The van der Waals surface area contributed by atoms with Crippen molar-refractivity contribution in [3.05, 3.63) is 53.6 Å². The number of benzene rings is 2. The minimum atomic E-state index is -3.65. The van der Waals surface area contributed by atoms with E-state index in [4.69, 9.17) is 9.47 Å². The average Bonchev–Trinajstić information content (AvgIpc) is 2.79. The average molecular weight is 433 g/mol. The largest absolute Gasteiger partial charge is 0.496 e. The van der Waals surface area contributed by atoms with Gasteiger partial charge in [0, 0.05) is 32.2 Å². The van der Waals surface area contributed by atoms with E-state index in [1.807, 2.05) is 24.3 Å². The summed E-state index contributed by atoms with van der Waals surface area (Å²) < 4.78 is 38.3. The van der Waals surface area contributed by atoms with E-state index in [1.165, 1.54) is 28.4 Å². The number of carbonyl (C=O) groups is 1. The SMILES string of the molecule is COc1ccccc1CN(C)C(=O)c1cc(S(=O)(=O)N2CCCCC2)ccc1OC. The molecule has 0 N–H and O–H groups in total. The molecule has 8 heteroatoms. The molecule has 1 aliphatic rings. The zero-order valence-corrected chi connectivity index (χ0v) is 18.4. The molecule has 162 valence electrons. The summed E-state index contributed by atoms with van der Waals surface area (Å²) in [6.45, 7) is 1.33. The van der Waals surface area contributed by atoms with Crippen LogP contribution >= 0.6 is 0 Å². The van der Waals surface area contributed by atoms with Crippen molar-refractivity contribution in [3.8, 4) is 11.5 Å². The van der Waals surface area contributed by atoms with E-state index in [9.17, 15) is 13.2 Å². The Bertz CT molecular complexity index is 1000. The van der Waals surface area contributed by atoms with Crippen molar-refractivity contribution in [1.82, 2.24) is 9.21 Å². The number of nitrogens with zero attached hydrogens (tertiary/aromatic N) is 2. The number of ether oxygens (including phenoxy) is 2. The van der Waals surface area contributed by atoms with Crippen molar-refractivity contribution in [1.29, 1.82) is 0 Å². The smallest absolute Gasteiger partial charge is 0.257 e. The van der Waals surface area contributed by atoms with Crippen LogP contribution in [0.3, 0.4) is 0 Å². The van der Waals surface area contributed by atoms with Crippen molar-refractivity contribution < 1.29 is 22.7 Å². The van der Waals surface area contributed by atoms with Gasteiger partial charge in [0.15, 0.2) is 0 Å². The Balaban J connectivity index is 1.90. The standard InChI is InChI=1S/C22H28N2O5S/c1-23(16-17-9-5-6-10-20(17)28-2)22(25)19-15-18(11-12-21(19)29-3)30(26,27)24-13-7-4-8-14-24/h5-6,9-12,15H,4,7-8,13-14,16H2,1-3H3. The third kappa shape index (κ3) is 4.60. The summed E-state index contributed by atoms with van der Waals surface area (Å²) in [5, 5.41) is 0. The van der Waals surface area contributed by atoms with Crippen LogP contribution in [0.15, 0.2) is 47.4 Å². The highest BCUT2D eigenvalue weighted by atomic mass is 32.2. The van der Waals surface area contributed by atoms with Gasteiger partial charge in [0.05, 0.1) is 24.7 Å². The molecule has 1 fully saturated rings. The Labute approximate surface area is 178 Å². The number of hydrogen-bond acceptors (Lipinski definition) is 5. The highest BCUT2D eigenvalue weighted by Crippen LogP contribution is 2.28. The number of carbonyl (C=O) groups excluding carboxylic acids is 1. The summed E-state index contributed by atoms with van der Waals surface area (Å²) in [6.07, 6.45) is 2.73. The van der Waals surface area contributed by atoms with E-state index in [-0.39, 0.29) is 16.4 Å². The molecular formula is C22H28N2O5S. The number of rotatable bonds is 7. The summed E-state index contributed by atoms with van der Waals surface area (Å²) >= 11 is 0. The van der Waals surface area contributed by atoms with E-state index in [2.05, 4.69) is 0 Å². The number of para-hydroxylation sites is 1. The Morgan fingerprint density at radius 3 is 2.33 bits per heavy atom. The van der Waals surface area contributed by atoms with Crippen LogP contribution in [0.5, 0.6) is 11.5 Å². The molecule has 3 rings (SSSR count). The van der Waals surface area contributed by atoms with Crippen LogP contribution in [0.4, 0.5) is 0 Å². The normalized spacial score (nSPS) is 14.9. The number of amides is 1. The van der Waals surface area contributed by atoms with E-state index in [1.54, 1.807) is 20.2 Å². The predicted octanol–water partition coefficient (Wildman–Crippen LogP) is 3.15. The van der Waals surface area contributed by atoms with Gasteiger partial charge in [-0.2, -0.15) is 4.31 Å². The van der Waals surface area contributed by atoms with Gasteiger partial charge in [-0.25, -0.2) is 8.42 Å². The maximum atomic E-state index is 13.2. The van der Waals surface area contributed by atoms with Gasteiger partial charge in [0.2, 0.25) is 10.0 Å². The predicted molar refractivity (Wildman–Crippen MR) is 114 cm³/mol. The molecule has 0 saturated carbocycles. The first kappa shape index (κ1) is 22.1. The third-order valence-corrected chi connectivity index (χ3v) is 7.20. The van der Waals surface area contributed by atoms with Gasteiger partial charge in [-0.15, -0.1) is 0 Å². The molecule has 0 aromatic heterocycles. The van der Waals surface area contributed by atoms with Gasteiger partial charge in [-0.05, 0) is 37.1 Å². The molecule has 1 heterocycles. The Kier molecular flexibility index (Phi) is 6.99. The molecule has 0 atom stereocenters. The monoisotopic (exact) mass is 432 g/mol. The Morgan fingerprint density at radius 1 is 1.00 bits per heavy atom. The minimum absolute atomic E-state index is 0.110. The lowest BCUT2D eigenvalue weighted by Gasteiger charge is -2.26. The molecule has 0 aliphatic carbocycles. The van der Waals surface area contributed by atoms with Crippen molar-refractivity contribution in [3.63, 3.8) is 0 Å². The number of methoxy groups -OCH3 is 2. The first-order valence-electron chi connectivity index (χ1n) is 9.94. The fourth-order valence-electron chi connectivity index (χ4n) is 3.64. The zero-order chi connectivity index (χ0) is 21.7. The van der Waals surface area contributed by atoms with Crippen LogP contribution in [0, 0.1) is 0 Å². The quantitative estimate of drug-likeness (QED) is 0.672. The van der Waals surface area contributed by atoms with E-state index in [0.29, 0.717) is 31.1 Å². The van der Waals surface area contributed by atoms with Gasteiger partial charge in [0.1, 0.15) is 11.5 Å². The number of sulfonamides is 1. The van der Waals surface area contributed by atoms with Crippen LogP contribution in [-0.2, 0) is 16.6 Å². The molecule has 2 aromatic carbocycles. The van der Waals surface area contributed by atoms with Gasteiger partial charge in [-0.1, -0.05) is 24.6 Å².